The van der Waals surface area contributed by atoms with Crippen LogP contribution in [0.5, 0.6) is 0 Å². The van der Waals surface area contributed by atoms with E-state index in [0.29, 0.717) is 21.7 Å². The fourth-order valence-electron chi connectivity index (χ4n) is 2.71. The van der Waals surface area contributed by atoms with Gasteiger partial charge >= 0.3 is 0 Å². The maximum absolute atomic E-state index is 12.7. The number of carbonyl (C=O) groups is 1. The molecule has 3 aromatic rings. The van der Waals surface area contributed by atoms with Crippen LogP contribution in [-0.2, 0) is 14.8 Å². The van der Waals surface area contributed by atoms with E-state index in [9.17, 15) is 13.2 Å². The summed E-state index contributed by atoms with van der Waals surface area (Å²) in [5.41, 5.74) is 3.14. The van der Waals surface area contributed by atoms with Crippen molar-refractivity contribution in [3.05, 3.63) is 65.7 Å². The van der Waals surface area contributed by atoms with Crippen molar-refractivity contribution in [3.63, 3.8) is 0 Å². The molecule has 0 bridgehead atoms. The van der Waals surface area contributed by atoms with E-state index < -0.39 is 21.2 Å². The van der Waals surface area contributed by atoms with Crippen LogP contribution in [0.4, 0.5) is 5.69 Å². The van der Waals surface area contributed by atoms with Gasteiger partial charge in [-0.1, -0.05) is 60.1 Å². The van der Waals surface area contributed by atoms with Crippen molar-refractivity contribution in [2.24, 2.45) is 0 Å². The van der Waals surface area contributed by atoms with Gasteiger partial charge in [0.05, 0.1) is 5.69 Å². The number of rotatable bonds is 5. The maximum Gasteiger partial charge on any atom is 0.263 e. The largest absolute Gasteiger partial charge is 0.289 e. The van der Waals surface area contributed by atoms with Crippen molar-refractivity contribution in [1.29, 1.82) is 0 Å². The van der Waals surface area contributed by atoms with Crippen molar-refractivity contribution in [1.82, 2.24) is 5.48 Å². The fraction of sp³-hybridized carbons (Fsp3) is 0.105. The molecule has 3 N–H and O–H groups in total. The first-order chi connectivity index (χ1) is 12.8. The molecule has 0 aliphatic heterocycles. The summed E-state index contributed by atoms with van der Waals surface area (Å²) >= 11 is 5.95. The van der Waals surface area contributed by atoms with Crippen LogP contribution >= 0.6 is 11.6 Å². The SMILES string of the molecule is C[C@@H](C(=O)NO)S(=O)(=O)Nc1c(-c2ccc(Cl)cc2)ccc2ccccc12. The first-order valence-corrected chi connectivity index (χ1v) is 9.99. The molecule has 3 rings (SSSR count). The molecule has 3 aromatic carbocycles. The van der Waals surface area contributed by atoms with E-state index in [2.05, 4.69) is 4.72 Å². The molecule has 0 aliphatic carbocycles. The Kier molecular flexibility index (Phi) is 5.36. The van der Waals surface area contributed by atoms with E-state index in [1.165, 1.54) is 12.4 Å². The molecule has 1 atom stereocenters. The van der Waals surface area contributed by atoms with E-state index in [1.807, 2.05) is 18.2 Å². The van der Waals surface area contributed by atoms with E-state index in [4.69, 9.17) is 16.8 Å². The maximum atomic E-state index is 12.7. The van der Waals surface area contributed by atoms with Gasteiger partial charge in [-0.05, 0) is 30.0 Å². The van der Waals surface area contributed by atoms with Crippen LogP contribution in [0, 0.1) is 0 Å². The third-order valence-corrected chi connectivity index (χ3v) is 6.16. The highest BCUT2D eigenvalue weighted by molar-refractivity contribution is 7.94. The summed E-state index contributed by atoms with van der Waals surface area (Å²) in [4.78, 5) is 11.6. The molecule has 1 amide bonds. The highest BCUT2D eigenvalue weighted by Crippen LogP contribution is 2.36. The number of hydroxylamine groups is 1. The highest BCUT2D eigenvalue weighted by atomic mass is 35.5. The quantitative estimate of drug-likeness (QED) is 0.445. The van der Waals surface area contributed by atoms with Gasteiger partial charge < -0.3 is 0 Å². The molecule has 0 aromatic heterocycles. The summed E-state index contributed by atoms with van der Waals surface area (Å²) in [6.45, 7) is 1.20. The summed E-state index contributed by atoms with van der Waals surface area (Å²) in [6.07, 6.45) is 0. The average Bonchev–Trinajstić information content (AvgIpc) is 2.67. The minimum Gasteiger partial charge on any atom is -0.289 e. The second-order valence-corrected chi connectivity index (χ2v) is 8.42. The number of nitrogens with one attached hydrogen (secondary N) is 2. The van der Waals surface area contributed by atoms with Crippen LogP contribution in [0.1, 0.15) is 6.92 Å². The van der Waals surface area contributed by atoms with Gasteiger partial charge in [-0.2, -0.15) is 0 Å². The number of anilines is 1. The molecule has 27 heavy (non-hydrogen) atoms. The fourth-order valence-corrected chi connectivity index (χ4v) is 3.86. The van der Waals surface area contributed by atoms with Crippen LogP contribution in [0.3, 0.4) is 0 Å². The predicted molar refractivity (Wildman–Crippen MR) is 106 cm³/mol. The number of hydrogen-bond donors (Lipinski definition) is 3. The zero-order valence-corrected chi connectivity index (χ0v) is 15.9. The Morgan fingerprint density at radius 1 is 1.04 bits per heavy atom. The molecular weight excluding hydrogens is 388 g/mol. The van der Waals surface area contributed by atoms with Gasteiger partial charge in [0.15, 0.2) is 5.25 Å². The Hall–Kier alpha value is -2.61. The average molecular weight is 405 g/mol. The van der Waals surface area contributed by atoms with Gasteiger partial charge in [0, 0.05) is 16.0 Å². The lowest BCUT2D eigenvalue weighted by Gasteiger charge is -2.18. The molecule has 8 heteroatoms. The van der Waals surface area contributed by atoms with Gasteiger partial charge in [0.2, 0.25) is 10.0 Å². The normalized spacial score (nSPS) is 12.6. The number of sulfonamides is 1. The number of halogens is 1. The molecule has 0 heterocycles. The van der Waals surface area contributed by atoms with Crippen LogP contribution < -0.4 is 10.2 Å². The van der Waals surface area contributed by atoms with E-state index >= 15 is 0 Å². The topological polar surface area (TPSA) is 95.5 Å². The Labute approximate surface area is 161 Å². The van der Waals surface area contributed by atoms with Crippen molar-refractivity contribution in [2.45, 2.75) is 12.2 Å². The van der Waals surface area contributed by atoms with Crippen LogP contribution in [-0.4, -0.2) is 24.8 Å². The zero-order chi connectivity index (χ0) is 19.6. The van der Waals surface area contributed by atoms with Crippen molar-refractivity contribution >= 4 is 44.0 Å². The predicted octanol–water partition coefficient (Wildman–Crippen LogP) is 3.80. The van der Waals surface area contributed by atoms with E-state index in [1.54, 1.807) is 42.5 Å². The summed E-state index contributed by atoms with van der Waals surface area (Å²) < 4.78 is 27.9. The molecule has 0 fully saturated rings. The number of fused-ring (bicyclic) bond motifs is 1. The summed E-state index contributed by atoms with van der Waals surface area (Å²) in [6, 6.07) is 18.0. The molecule has 0 saturated heterocycles. The lowest BCUT2D eigenvalue weighted by atomic mass is 9.99. The number of hydrogen-bond acceptors (Lipinski definition) is 4. The minimum absolute atomic E-state index is 0.355. The molecule has 0 radical (unpaired) electrons. The summed E-state index contributed by atoms with van der Waals surface area (Å²) in [7, 11) is -4.10. The monoisotopic (exact) mass is 404 g/mol. The Balaban J connectivity index is 2.18. The molecule has 0 aliphatic rings. The number of benzene rings is 3. The molecule has 0 unspecified atom stereocenters. The van der Waals surface area contributed by atoms with Crippen molar-refractivity contribution in [3.8, 4) is 11.1 Å². The van der Waals surface area contributed by atoms with Gasteiger partial charge in [-0.3, -0.25) is 14.7 Å². The standard InChI is InChI=1S/C19H17ClN2O4S/c1-12(19(23)21-24)27(25,26)22-18-16-5-3-2-4-13(16)8-11-17(18)14-6-9-15(20)10-7-14/h2-12,22,24H,1H3,(H,21,23)/t12-/m0/s1. The Morgan fingerprint density at radius 2 is 1.70 bits per heavy atom. The van der Waals surface area contributed by atoms with Gasteiger partial charge in [-0.15, -0.1) is 0 Å². The van der Waals surface area contributed by atoms with Gasteiger partial charge in [0.25, 0.3) is 5.91 Å². The van der Waals surface area contributed by atoms with Crippen LogP contribution in [0.15, 0.2) is 60.7 Å². The van der Waals surface area contributed by atoms with Crippen LogP contribution in [0.2, 0.25) is 5.02 Å². The Morgan fingerprint density at radius 3 is 2.37 bits per heavy atom. The van der Waals surface area contributed by atoms with E-state index in [0.717, 1.165) is 10.9 Å². The second kappa shape index (κ2) is 7.56. The number of carbonyl (C=O) groups excluding carboxylic acids is 1. The highest BCUT2D eigenvalue weighted by Gasteiger charge is 2.29. The molecule has 0 saturated carbocycles. The van der Waals surface area contributed by atoms with Crippen LogP contribution in [0.25, 0.3) is 21.9 Å². The summed E-state index contributed by atoms with van der Waals surface area (Å²) in [5.74, 6) is -1.02. The lowest BCUT2D eigenvalue weighted by molar-refractivity contribution is -0.128. The summed E-state index contributed by atoms with van der Waals surface area (Å²) in [5, 5.41) is 9.36. The third-order valence-electron chi connectivity index (χ3n) is 4.27. The van der Waals surface area contributed by atoms with Gasteiger partial charge in [-0.25, -0.2) is 13.9 Å². The second-order valence-electron chi connectivity index (χ2n) is 5.98. The first kappa shape index (κ1) is 19.2. The lowest BCUT2D eigenvalue weighted by Crippen LogP contribution is -2.39. The van der Waals surface area contributed by atoms with Crippen molar-refractivity contribution in [2.75, 3.05) is 4.72 Å². The first-order valence-electron chi connectivity index (χ1n) is 8.07. The minimum atomic E-state index is -4.10. The van der Waals surface area contributed by atoms with Gasteiger partial charge in [0.1, 0.15) is 0 Å². The zero-order valence-electron chi connectivity index (χ0n) is 14.3. The molecule has 140 valence electrons. The number of amides is 1. The Bertz CT molecular complexity index is 1100. The van der Waals surface area contributed by atoms with Crippen molar-refractivity contribution < 1.29 is 18.4 Å². The molecule has 6 nitrogen and oxygen atoms in total. The smallest absolute Gasteiger partial charge is 0.263 e. The molecular formula is C19H17ClN2O4S. The molecule has 0 spiro atoms. The van der Waals surface area contributed by atoms with E-state index in [-0.39, 0.29) is 0 Å². The third kappa shape index (κ3) is 3.90.